The molecule has 0 spiro atoms. The second kappa shape index (κ2) is 5.35. The molecular formula is C14H20O2. The smallest absolute Gasteiger partial charge is 0.120 e. The monoisotopic (exact) mass is 220 g/mol. The zero-order chi connectivity index (χ0) is 11.4. The van der Waals surface area contributed by atoms with Gasteiger partial charge in [-0.15, -0.1) is 0 Å². The summed E-state index contributed by atoms with van der Waals surface area (Å²) in [5.74, 6) is 1.55. The lowest BCUT2D eigenvalue weighted by atomic mass is 10.0. The van der Waals surface area contributed by atoms with Gasteiger partial charge in [-0.3, -0.25) is 0 Å². The summed E-state index contributed by atoms with van der Waals surface area (Å²) < 4.78 is 11.3. The van der Waals surface area contributed by atoms with Crippen molar-refractivity contribution in [1.29, 1.82) is 0 Å². The van der Waals surface area contributed by atoms with Gasteiger partial charge < -0.3 is 9.47 Å². The van der Waals surface area contributed by atoms with Gasteiger partial charge in [0.1, 0.15) is 11.9 Å². The van der Waals surface area contributed by atoms with Crippen LogP contribution in [0, 0.1) is 0 Å². The minimum Gasteiger partial charge on any atom is -0.490 e. The molecule has 2 nitrogen and oxygen atoms in total. The fourth-order valence-corrected chi connectivity index (χ4v) is 1.93. The lowest BCUT2D eigenvalue weighted by Crippen LogP contribution is -2.25. The maximum absolute atomic E-state index is 5.97. The minimum atomic E-state index is 0.330. The maximum atomic E-state index is 5.97. The summed E-state index contributed by atoms with van der Waals surface area (Å²) in [6, 6.07) is 8.42. The lowest BCUT2D eigenvalue weighted by Gasteiger charge is -2.23. The Bertz CT molecular complexity index is 327. The molecule has 2 heteroatoms. The number of ether oxygens (including phenoxy) is 2. The molecule has 1 aromatic carbocycles. The van der Waals surface area contributed by atoms with E-state index in [4.69, 9.17) is 9.47 Å². The van der Waals surface area contributed by atoms with E-state index >= 15 is 0 Å². The zero-order valence-electron chi connectivity index (χ0n) is 10.1. The number of benzene rings is 1. The molecular weight excluding hydrogens is 200 g/mol. The number of hydrogen-bond donors (Lipinski definition) is 0. The van der Waals surface area contributed by atoms with E-state index < -0.39 is 0 Å². The van der Waals surface area contributed by atoms with E-state index in [1.807, 2.05) is 6.07 Å². The van der Waals surface area contributed by atoms with Crippen LogP contribution in [0.4, 0.5) is 0 Å². The minimum absolute atomic E-state index is 0.330. The van der Waals surface area contributed by atoms with Crippen LogP contribution in [0.25, 0.3) is 0 Å². The number of hydrogen-bond acceptors (Lipinski definition) is 2. The first-order chi connectivity index (χ1) is 7.75. The van der Waals surface area contributed by atoms with Gasteiger partial charge in [0.15, 0.2) is 0 Å². The maximum Gasteiger partial charge on any atom is 0.120 e. The third-order valence-corrected chi connectivity index (χ3v) is 3.00. The predicted octanol–water partition coefficient (Wildman–Crippen LogP) is 3.37. The summed E-state index contributed by atoms with van der Waals surface area (Å²) in [7, 11) is 0. The van der Waals surface area contributed by atoms with Gasteiger partial charge in [-0.05, 0) is 23.6 Å². The van der Waals surface area contributed by atoms with Crippen LogP contribution in [0.15, 0.2) is 24.3 Å². The Balaban J connectivity index is 2.00. The predicted molar refractivity (Wildman–Crippen MR) is 65.0 cm³/mol. The van der Waals surface area contributed by atoms with Gasteiger partial charge in [-0.1, -0.05) is 26.0 Å². The van der Waals surface area contributed by atoms with Crippen LogP contribution in [-0.4, -0.2) is 19.3 Å². The fraction of sp³-hybridized carbons (Fsp3) is 0.571. The summed E-state index contributed by atoms with van der Waals surface area (Å²) in [6.45, 7) is 6.06. The first-order valence-electron chi connectivity index (χ1n) is 6.10. The van der Waals surface area contributed by atoms with Crippen molar-refractivity contribution in [2.75, 3.05) is 13.2 Å². The molecule has 1 aliphatic heterocycles. The van der Waals surface area contributed by atoms with Gasteiger partial charge in [0.05, 0.1) is 13.2 Å². The summed E-state index contributed by atoms with van der Waals surface area (Å²) in [5.41, 5.74) is 1.34. The molecule has 0 bridgehead atoms. The first kappa shape index (κ1) is 11.5. The van der Waals surface area contributed by atoms with E-state index in [1.54, 1.807) is 0 Å². The highest BCUT2D eigenvalue weighted by Crippen LogP contribution is 2.22. The molecule has 2 rings (SSSR count). The largest absolute Gasteiger partial charge is 0.490 e. The molecule has 0 unspecified atom stereocenters. The molecule has 1 aliphatic rings. The summed E-state index contributed by atoms with van der Waals surface area (Å²) in [4.78, 5) is 0. The van der Waals surface area contributed by atoms with Crippen molar-refractivity contribution in [3.8, 4) is 5.75 Å². The van der Waals surface area contributed by atoms with Crippen LogP contribution < -0.4 is 4.74 Å². The van der Waals surface area contributed by atoms with E-state index in [0.29, 0.717) is 12.0 Å². The molecule has 1 saturated heterocycles. The molecule has 0 aromatic heterocycles. The zero-order valence-corrected chi connectivity index (χ0v) is 10.1. The highest BCUT2D eigenvalue weighted by Gasteiger charge is 2.15. The van der Waals surface area contributed by atoms with Gasteiger partial charge in [-0.2, -0.15) is 0 Å². The van der Waals surface area contributed by atoms with Crippen LogP contribution in [0.3, 0.4) is 0 Å². The number of rotatable bonds is 3. The van der Waals surface area contributed by atoms with E-state index in [-0.39, 0.29) is 0 Å². The normalized spacial score (nSPS) is 17.7. The molecule has 1 fully saturated rings. The molecule has 0 N–H and O–H groups in total. The van der Waals surface area contributed by atoms with Crippen LogP contribution in [-0.2, 0) is 4.74 Å². The third-order valence-electron chi connectivity index (χ3n) is 3.00. The van der Waals surface area contributed by atoms with Gasteiger partial charge in [-0.25, -0.2) is 0 Å². The molecule has 1 heterocycles. The Morgan fingerprint density at radius 2 is 2.00 bits per heavy atom. The SMILES string of the molecule is CC(C)c1cccc(OC2CCOCC2)c1. The van der Waals surface area contributed by atoms with E-state index in [9.17, 15) is 0 Å². The second-order valence-corrected chi connectivity index (χ2v) is 4.66. The Morgan fingerprint density at radius 1 is 1.25 bits per heavy atom. The molecule has 0 atom stereocenters. The molecule has 0 saturated carbocycles. The first-order valence-corrected chi connectivity index (χ1v) is 6.10. The molecule has 1 aromatic rings. The van der Waals surface area contributed by atoms with Crippen molar-refractivity contribution >= 4 is 0 Å². The molecule has 0 amide bonds. The highest BCUT2D eigenvalue weighted by atomic mass is 16.5. The summed E-state index contributed by atoms with van der Waals surface area (Å²) >= 11 is 0. The topological polar surface area (TPSA) is 18.5 Å². The van der Waals surface area contributed by atoms with Gasteiger partial charge >= 0.3 is 0 Å². The Kier molecular flexibility index (Phi) is 3.83. The molecule has 0 aliphatic carbocycles. The highest BCUT2D eigenvalue weighted by molar-refractivity contribution is 5.30. The van der Waals surface area contributed by atoms with Crippen molar-refractivity contribution < 1.29 is 9.47 Å². The van der Waals surface area contributed by atoms with Crippen LogP contribution >= 0.6 is 0 Å². The average Bonchev–Trinajstić information content (AvgIpc) is 2.30. The molecule has 16 heavy (non-hydrogen) atoms. The van der Waals surface area contributed by atoms with Crippen molar-refractivity contribution in [2.24, 2.45) is 0 Å². The Hall–Kier alpha value is -1.02. The Labute approximate surface area is 97.6 Å². The summed E-state index contributed by atoms with van der Waals surface area (Å²) in [6.07, 6.45) is 2.34. The van der Waals surface area contributed by atoms with Gasteiger partial charge in [0.2, 0.25) is 0 Å². The van der Waals surface area contributed by atoms with Gasteiger partial charge in [0.25, 0.3) is 0 Å². The van der Waals surface area contributed by atoms with Crippen LogP contribution in [0.2, 0.25) is 0 Å². The Morgan fingerprint density at radius 3 is 2.69 bits per heavy atom. The van der Waals surface area contributed by atoms with Crippen molar-refractivity contribution in [3.05, 3.63) is 29.8 Å². The quantitative estimate of drug-likeness (QED) is 0.777. The average molecular weight is 220 g/mol. The lowest BCUT2D eigenvalue weighted by molar-refractivity contribution is 0.0255. The van der Waals surface area contributed by atoms with Crippen molar-refractivity contribution in [1.82, 2.24) is 0 Å². The van der Waals surface area contributed by atoms with Crippen LogP contribution in [0.1, 0.15) is 38.2 Å². The van der Waals surface area contributed by atoms with E-state index in [0.717, 1.165) is 31.8 Å². The fourth-order valence-electron chi connectivity index (χ4n) is 1.93. The standard InChI is InChI=1S/C14H20O2/c1-11(2)12-4-3-5-14(10-12)16-13-6-8-15-9-7-13/h3-5,10-11,13H,6-9H2,1-2H3. The van der Waals surface area contributed by atoms with Gasteiger partial charge in [0, 0.05) is 12.8 Å². The van der Waals surface area contributed by atoms with E-state index in [2.05, 4.69) is 32.0 Å². The molecule has 88 valence electrons. The van der Waals surface area contributed by atoms with E-state index in [1.165, 1.54) is 5.56 Å². The summed E-state index contributed by atoms with van der Waals surface area (Å²) in [5, 5.41) is 0. The second-order valence-electron chi connectivity index (χ2n) is 4.66. The third kappa shape index (κ3) is 2.99. The molecule has 0 radical (unpaired) electrons. The van der Waals surface area contributed by atoms with Crippen LogP contribution in [0.5, 0.6) is 5.75 Å². The van der Waals surface area contributed by atoms with Crippen molar-refractivity contribution in [2.45, 2.75) is 38.7 Å². The van der Waals surface area contributed by atoms with Crippen molar-refractivity contribution in [3.63, 3.8) is 0 Å².